The van der Waals surface area contributed by atoms with Crippen molar-refractivity contribution >= 4 is 33.3 Å². The van der Waals surface area contributed by atoms with Gasteiger partial charge in [-0.15, -0.1) is 0 Å². The molecule has 1 amide bonds. The van der Waals surface area contributed by atoms with E-state index in [1.54, 1.807) is 17.0 Å². The molecule has 0 fully saturated rings. The van der Waals surface area contributed by atoms with Crippen LogP contribution in [0.4, 0.5) is 5.69 Å². The van der Waals surface area contributed by atoms with Crippen molar-refractivity contribution in [2.24, 2.45) is 0 Å². The molecule has 0 unspecified atom stereocenters. The Balaban J connectivity index is 2.23. The van der Waals surface area contributed by atoms with Gasteiger partial charge in [0.2, 0.25) is 0 Å². The largest absolute Gasteiger partial charge is 0.382 e. The third-order valence-corrected chi connectivity index (χ3v) is 5.60. The highest BCUT2D eigenvalue weighted by atomic mass is 35.5. The molecule has 0 bridgehead atoms. The monoisotopic (exact) mass is 440 g/mol. The van der Waals surface area contributed by atoms with Gasteiger partial charge in [0.05, 0.1) is 10.7 Å². The predicted molar refractivity (Wildman–Crippen MR) is 110 cm³/mol. The molecule has 0 saturated heterocycles. The lowest BCUT2D eigenvalue weighted by atomic mass is 10.1. The van der Waals surface area contributed by atoms with Crippen LogP contribution in [0.25, 0.3) is 0 Å². The number of nitro groups is 1. The van der Waals surface area contributed by atoms with Crippen molar-refractivity contribution in [3.05, 3.63) is 68.7 Å². The van der Waals surface area contributed by atoms with E-state index in [1.807, 2.05) is 13.8 Å². The van der Waals surface area contributed by atoms with Gasteiger partial charge in [-0.1, -0.05) is 23.7 Å². The van der Waals surface area contributed by atoms with E-state index in [-0.39, 0.29) is 46.3 Å². The zero-order valence-corrected chi connectivity index (χ0v) is 17.7. The molecule has 8 nitrogen and oxygen atoms in total. The molecular weight excluding hydrogens is 420 g/mol. The number of rotatable bonds is 8. The van der Waals surface area contributed by atoms with Gasteiger partial charge in [0.1, 0.15) is 10.8 Å². The zero-order chi connectivity index (χ0) is 21.8. The van der Waals surface area contributed by atoms with Crippen molar-refractivity contribution in [1.82, 2.24) is 4.90 Å². The summed E-state index contributed by atoms with van der Waals surface area (Å²) in [5, 5.41) is 11.0. The lowest BCUT2D eigenvalue weighted by Crippen LogP contribution is -2.36. The zero-order valence-electron chi connectivity index (χ0n) is 16.2. The lowest BCUT2D eigenvalue weighted by molar-refractivity contribution is -0.384. The molecule has 0 heterocycles. The maximum absolute atomic E-state index is 12.9. The minimum atomic E-state index is -3.62. The average Bonchev–Trinajstić information content (AvgIpc) is 2.66. The van der Waals surface area contributed by atoms with Gasteiger partial charge in [-0.05, 0) is 50.6 Å². The number of hydrogen-bond donors (Lipinski definition) is 0. The Labute approximate surface area is 174 Å². The number of nitrogens with zero attached hydrogens (tertiary/aromatic N) is 2. The molecule has 0 aliphatic rings. The van der Waals surface area contributed by atoms with Crippen LogP contribution >= 0.6 is 11.6 Å². The second-order valence-corrected chi connectivity index (χ2v) is 8.79. The lowest BCUT2D eigenvalue weighted by Gasteiger charge is -2.27. The van der Waals surface area contributed by atoms with Crippen molar-refractivity contribution in [1.29, 1.82) is 0 Å². The van der Waals surface area contributed by atoms with Crippen LogP contribution in [0.3, 0.4) is 0 Å². The number of amides is 1. The van der Waals surface area contributed by atoms with Crippen molar-refractivity contribution in [2.45, 2.75) is 33.4 Å². The number of carbonyl (C=O) groups is 1. The Hall–Kier alpha value is -2.65. The van der Waals surface area contributed by atoms with Gasteiger partial charge in [0, 0.05) is 24.2 Å². The van der Waals surface area contributed by atoms with Gasteiger partial charge in [-0.2, -0.15) is 8.42 Å². The van der Waals surface area contributed by atoms with E-state index in [9.17, 15) is 23.3 Å². The number of nitro benzene ring substituents is 1. The third-order valence-electron chi connectivity index (χ3n) is 4.13. The van der Waals surface area contributed by atoms with Crippen molar-refractivity contribution in [2.75, 3.05) is 5.75 Å². The summed E-state index contributed by atoms with van der Waals surface area (Å²) < 4.78 is 28.0. The van der Waals surface area contributed by atoms with E-state index in [1.165, 1.54) is 31.2 Å². The number of halogens is 1. The summed E-state index contributed by atoms with van der Waals surface area (Å²) >= 11 is 5.82. The number of hydrogen-bond acceptors (Lipinski definition) is 6. The molecule has 0 radical (unpaired) electrons. The molecule has 0 atom stereocenters. The van der Waals surface area contributed by atoms with E-state index in [0.29, 0.717) is 0 Å². The normalized spacial score (nSPS) is 11.3. The van der Waals surface area contributed by atoms with Crippen LogP contribution < -0.4 is 4.18 Å². The SMILES string of the molecule is CCS(=O)(=O)Oc1ccc(CN(C(=O)c2ccc(Cl)c([N+](=O)[O-])c2)C(C)C)cc1. The molecule has 29 heavy (non-hydrogen) atoms. The Morgan fingerprint density at radius 1 is 1.21 bits per heavy atom. The highest BCUT2D eigenvalue weighted by Gasteiger charge is 2.23. The molecule has 2 aromatic rings. The summed E-state index contributed by atoms with van der Waals surface area (Å²) in [7, 11) is -3.62. The highest BCUT2D eigenvalue weighted by molar-refractivity contribution is 7.87. The van der Waals surface area contributed by atoms with Crippen molar-refractivity contribution in [3.63, 3.8) is 0 Å². The maximum Gasteiger partial charge on any atom is 0.308 e. The third kappa shape index (κ3) is 5.91. The number of carbonyl (C=O) groups excluding carboxylic acids is 1. The summed E-state index contributed by atoms with van der Waals surface area (Å²) in [4.78, 5) is 24.9. The van der Waals surface area contributed by atoms with Crippen LogP contribution in [0.2, 0.25) is 5.02 Å². The maximum atomic E-state index is 12.9. The van der Waals surface area contributed by atoms with Crippen LogP contribution in [-0.4, -0.2) is 35.9 Å². The first-order valence-corrected chi connectivity index (χ1v) is 10.8. The van der Waals surface area contributed by atoms with Gasteiger partial charge in [-0.25, -0.2) is 0 Å². The molecule has 2 rings (SSSR count). The van der Waals surface area contributed by atoms with E-state index < -0.39 is 15.0 Å². The molecule has 156 valence electrons. The van der Waals surface area contributed by atoms with Crippen LogP contribution in [0, 0.1) is 10.1 Å². The summed E-state index contributed by atoms with van der Waals surface area (Å²) in [6.45, 7) is 5.37. The van der Waals surface area contributed by atoms with Crippen molar-refractivity contribution in [3.8, 4) is 5.75 Å². The van der Waals surface area contributed by atoms with E-state index in [2.05, 4.69) is 0 Å². The highest BCUT2D eigenvalue weighted by Crippen LogP contribution is 2.26. The first-order chi connectivity index (χ1) is 13.5. The van der Waals surface area contributed by atoms with Gasteiger partial charge in [-0.3, -0.25) is 14.9 Å². The fourth-order valence-corrected chi connectivity index (χ4v) is 3.20. The summed E-state index contributed by atoms with van der Waals surface area (Å²) in [5.41, 5.74) is 0.570. The van der Waals surface area contributed by atoms with Crippen LogP contribution in [-0.2, 0) is 16.7 Å². The molecule has 10 heteroatoms. The Morgan fingerprint density at radius 3 is 2.34 bits per heavy atom. The fourth-order valence-electron chi connectivity index (χ4n) is 2.49. The predicted octanol–water partition coefficient (Wildman–Crippen LogP) is 4.03. The van der Waals surface area contributed by atoms with E-state index in [0.717, 1.165) is 11.6 Å². The standard InChI is InChI=1S/C19H21ClN2O6S/c1-4-29(26,27)28-16-8-5-14(6-9-16)12-21(13(2)3)19(23)15-7-10-17(20)18(11-15)22(24)25/h5-11,13H,4,12H2,1-3H3. The van der Waals surface area contributed by atoms with Gasteiger partial charge in [0.15, 0.2) is 0 Å². The molecule has 0 aliphatic carbocycles. The molecule has 0 aliphatic heterocycles. The average molecular weight is 441 g/mol. The molecule has 0 saturated carbocycles. The van der Waals surface area contributed by atoms with E-state index >= 15 is 0 Å². The first-order valence-electron chi connectivity index (χ1n) is 8.80. The molecule has 2 aromatic carbocycles. The van der Waals surface area contributed by atoms with Gasteiger partial charge in [0.25, 0.3) is 11.6 Å². The number of benzene rings is 2. The molecular formula is C19H21ClN2O6S. The Bertz CT molecular complexity index is 1010. The molecule has 0 N–H and O–H groups in total. The summed E-state index contributed by atoms with van der Waals surface area (Å²) in [6.07, 6.45) is 0. The molecule has 0 spiro atoms. The second kappa shape index (κ2) is 9.23. The van der Waals surface area contributed by atoms with Crippen molar-refractivity contribution < 1.29 is 22.3 Å². The minimum absolute atomic E-state index is 0.0414. The summed E-state index contributed by atoms with van der Waals surface area (Å²) in [6, 6.07) is 10.1. The van der Waals surface area contributed by atoms with Gasteiger partial charge < -0.3 is 9.08 Å². The smallest absolute Gasteiger partial charge is 0.308 e. The Kier molecular flexibility index (Phi) is 7.21. The first kappa shape index (κ1) is 22.6. The second-order valence-electron chi connectivity index (χ2n) is 6.52. The van der Waals surface area contributed by atoms with Crippen LogP contribution in [0.15, 0.2) is 42.5 Å². The Morgan fingerprint density at radius 2 is 1.83 bits per heavy atom. The summed E-state index contributed by atoms with van der Waals surface area (Å²) in [5.74, 6) is -0.336. The van der Waals surface area contributed by atoms with Crippen LogP contribution in [0.5, 0.6) is 5.75 Å². The van der Waals surface area contributed by atoms with E-state index in [4.69, 9.17) is 15.8 Å². The minimum Gasteiger partial charge on any atom is -0.382 e. The van der Waals surface area contributed by atoms with Gasteiger partial charge >= 0.3 is 10.1 Å². The quantitative estimate of drug-likeness (QED) is 0.348. The fraction of sp³-hybridized carbons (Fsp3) is 0.316. The van der Waals surface area contributed by atoms with Crippen LogP contribution in [0.1, 0.15) is 36.7 Å². The topological polar surface area (TPSA) is 107 Å². The molecule has 0 aromatic heterocycles.